The summed E-state index contributed by atoms with van der Waals surface area (Å²) in [4.78, 5) is 30.7. The zero-order chi connectivity index (χ0) is 20.8. The molecule has 4 rings (SSSR count). The lowest BCUT2D eigenvalue weighted by Crippen LogP contribution is -2.46. The molecule has 0 bridgehead atoms. The van der Waals surface area contributed by atoms with E-state index in [4.69, 9.17) is 0 Å². The number of carbonyl (C=O) groups excluding carboxylic acids is 2. The summed E-state index contributed by atoms with van der Waals surface area (Å²) in [6, 6.07) is 13.5. The zero-order valence-electron chi connectivity index (χ0n) is 16.8. The molecule has 0 unspecified atom stereocenters. The second-order valence-corrected chi connectivity index (χ2v) is 7.50. The van der Waals surface area contributed by atoms with E-state index in [1.807, 2.05) is 52.3 Å². The normalized spacial score (nSPS) is 14.5. The Balaban J connectivity index is 1.21. The van der Waals surface area contributed by atoms with Crippen molar-refractivity contribution >= 4 is 11.8 Å². The van der Waals surface area contributed by atoms with Crippen LogP contribution in [0, 0.1) is 0 Å². The van der Waals surface area contributed by atoms with Crippen LogP contribution in [0.25, 0.3) is 5.69 Å². The highest BCUT2D eigenvalue weighted by atomic mass is 16.2. The molecular formula is C23H25N5O2. The van der Waals surface area contributed by atoms with Gasteiger partial charge in [-0.25, -0.2) is 4.68 Å². The van der Waals surface area contributed by atoms with Crippen LogP contribution in [0.5, 0.6) is 0 Å². The molecule has 0 aliphatic carbocycles. The van der Waals surface area contributed by atoms with Crippen molar-refractivity contribution in [3.8, 4) is 5.69 Å². The fourth-order valence-electron chi connectivity index (χ4n) is 3.67. The Hall–Kier alpha value is -3.48. The van der Waals surface area contributed by atoms with Crippen LogP contribution in [0.2, 0.25) is 0 Å². The number of piperidine rings is 1. The second-order valence-electron chi connectivity index (χ2n) is 7.50. The number of likely N-dealkylation sites (tertiary alicyclic amines) is 1. The van der Waals surface area contributed by atoms with Crippen molar-refractivity contribution in [2.24, 2.45) is 0 Å². The minimum absolute atomic E-state index is 0.0256. The van der Waals surface area contributed by atoms with Crippen LogP contribution >= 0.6 is 0 Å². The largest absolute Gasteiger partial charge is 0.353 e. The first-order chi connectivity index (χ1) is 14.7. The summed E-state index contributed by atoms with van der Waals surface area (Å²) < 4.78 is 1.82. The van der Waals surface area contributed by atoms with E-state index in [1.165, 1.54) is 0 Å². The number of pyridine rings is 1. The molecule has 30 heavy (non-hydrogen) atoms. The van der Waals surface area contributed by atoms with E-state index in [0.29, 0.717) is 31.5 Å². The fraction of sp³-hybridized carbons (Fsp3) is 0.304. The molecule has 0 saturated carbocycles. The number of aryl methyl sites for hydroxylation is 1. The number of para-hydroxylation sites is 1. The smallest absolute Gasteiger partial charge is 0.253 e. The summed E-state index contributed by atoms with van der Waals surface area (Å²) >= 11 is 0. The predicted octanol–water partition coefficient (Wildman–Crippen LogP) is 2.62. The van der Waals surface area contributed by atoms with Gasteiger partial charge in [-0.2, -0.15) is 5.10 Å². The molecule has 1 saturated heterocycles. The highest BCUT2D eigenvalue weighted by Gasteiger charge is 2.24. The first-order valence-corrected chi connectivity index (χ1v) is 10.3. The van der Waals surface area contributed by atoms with E-state index in [-0.39, 0.29) is 17.9 Å². The van der Waals surface area contributed by atoms with Gasteiger partial charge >= 0.3 is 0 Å². The number of carbonyl (C=O) groups is 2. The van der Waals surface area contributed by atoms with E-state index >= 15 is 0 Å². The van der Waals surface area contributed by atoms with Crippen LogP contribution in [0.3, 0.4) is 0 Å². The van der Waals surface area contributed by atoms with Gasteiger partial charge in [-0.3, -0.25) is 14.6 Å². The van der Waals surface area contributed by atoms with E-state index < -0.39 is 0 Å². The van der Waals surface area contributed by atoms with Gasteiger partial charge in [-0.05, 0) is 49.1 Å². The fourth-order valence-corrected chi connectivity index (χ4v) is 3.67. The van der Waals surface area contributed by atoms with Gasteiger partial charge < -0.3 is 10.2 Å². The van der Waals surface area contributed by atoms with Crippen molar-refractivity contribution in [1.82, 2.24) is 25.0 Å². The molecule has 1 fully saturated rings. The quantitative estimate of drug-likeness (QED) is 0.686. The molecule has 2 amide bonds. The summed E-state index contributed by atoms with van der Waals surface area (Å²) in [6.07, 6.45) is 9.65. The maximum Gasteiger partial charge on any atom is 0.253 e. The van der Waals surface area contributed by atoms with Crippen molar-refractivity contribution in [3.63, 3.8) is 0 Å². The molecule has 3 heterocycles. The molecule has 2 aromatic heterocycles. The lowest BCUT2D eigenvalue weighted by molar-refractivity contribution is -0.122. The van der Waals surface area contributed by atoms with Gasteiger partial charge in [0.25, 0.3) is 5.91 Å². The van der Waals surface area contributed by atoms with Crippen LogP contribution in [0.1, 0.15) is 35.2 Å². The summed E-state index contributed by atoms with van der Waals surface area (Å²) in [7, 11) is 0. The van der Waals surface area contributed by atoms with Crippen molar-refractivity contribution < 1.29 is 9.59 Å². The molecule has 7 heteroatoms. The predicted molar refractivity (Wildman–Crippen MR) is 113 cm³/mol. The standard InChI is InChI=1S/C23H25N5O2/c29-22(7-6-18-16-25-28(17-18)21-4-2-1-3-5-21)26-20-10-14-27(15-11-20)23(30)19-8-12-24-13-9-19/h1-5,8-9,12-13,16-17,20H,6-7,10-11,14-15H2,(H,26,29). The second kappa shape index (κ2) is 9.35. The summed E-state index contributed by atoms with van der Waals surface area (Å²) in [5, 5.41) is 7.49. The highest BCUT2D eigenvalue weighted by molar-refractivity contribution is 5.94. The third-order valence-electron chi connectivity index (χ3n) is 5.37. The van der Waals surface area contributed by atoms with E-state index in [2.05, 4.69) is 15.4 Å². The van der Waals surface area contributed by atoms with Gasteiger partial charge in [0.15, 0.2) is 0 Å². The topological polar surface area (TPSA) is 80.1 Å². The highest BCUT2D eigenvalue weighted by Crippen LogP contribution is 2.14. The zero-order valence-corrected chi connectivity index (χ0v) is 16.8. The third kappa shape index (κ3) is 4.92. The van der Waals surface area contributed by atoms with E-state index in [1.54, 1.807) is 24.5 Å². The maximum atomic E-state index is 12.5. The number of aromatic nitrogens is 3. The van der Waals surface area contributed by atoms with Gasteiger partial charge in [0, 0.05) is 49.7 Å². The Labute approximate surface area is 175 Å². The molecule has 154 valence electrons. The van der Waals surface area contributed by atoms with Crippen molar-refractivity contribution in [2.75, 3.05) is 13.1 Å². The van der Waals surface area contributed by atoms with Crippen LogP contribution in [-0.4, -0.2) is 50.6 Å². The van der Waals surface area contributed by atoms with Crippen molar-refractivity contribution in [2.45, 2.75) is 31.7 Å². The van der Waals surface area contributed by atoms with Crippen molar-refractivity contribution in [3.05, 3.63) is 78.4 Å². The van der Waals surface area contributed by atoms with E-state index in [0.717, 1.165) is 24.1 Å². The molecule has 7 nitrogen and oxygen atoms in total. The number of amides is 2. The Morgan fingerprint density at radius 3 is 2.50 bits per heavy atom. The summed E-state index contributed by atoms with van der Waals surface area (Å²) in [6.45, 7) is 1.30. The monoisotopic (exact) mass is 403 g/mol. The first-order valence-electron chi connectivity index (χ1n) is 10.3. The molecular weight excluding hydrogens is 378 g/mol. The van der Waals surface area contributed by atoms with Crippen LogP contribution in [-0.2, 0) is 11.2 Å². The molecule has 0 radical (unpaired) electrons. The average molecular weight is 403 g/mol. The van der Waals surface area contributed by atoms with Gasteiger partial charge in [0.2, 0.25) is 5.91 Å². The lowest BCUT2D eigenvalue weighted by Gasteiger charge is -2.32. The molecule has 1 N–H and O–H groups in total. The minimum atomic E-state index is 0.0256. The van der Waals surface area contributed by atoms with Gasteiger partial charge in [0.05, 0.1) is 11.9 Å². The molecule has 0 spiro atoms. The molecule has 1 aromatic carbocycles. The molecule has 0 atom stereocenters. The Morgan fingerprint density at radius 2 is 1.77 bits per heavy atom. The average Bonchev–Trinajstić information content (AvgIpc) is 3.28. The number of nitrogens with zero attached hydrogens (tertiary/aromatic N) is 4. The van der Waals surface area contributed by atoms with Gasteiger partial charge in [0.1, 0.15) is 0 Å². The molecule has 3 aromatic rings. The van der Waals surface area contributed by atoms with Crippen LogP contribution in [0.15, 0.2) is 67.3 Å². The number of hydrogen-bond donors (Lipinski definition) is 1. The Morgan fingerprint density at radius 1 is 1.03 bits per heavy atom. The van der Waals surface area contributed by atoms with Crippen molar-refractivity contribution in [1.29, 1.82) is 0 Å². The number of benzene rings is 1. The van der Waals surface area contributed by atoms with Crippen LogP contribution < -0.4 is 5.32 Å². The Kier molecular flexibility index (Phi) is 6.17. The SMILES string of the molecule is O=C(CCc1cnn(-c2ccccc2)c1)NC1CCN(C(=O)c2ccncc2)CC1. The molecule has 1 aliphatic rings. The first kappa shape index (κ1) is 19.8. The summed E-state index contributed by atoms with van der Waals surface area (Å²) in [5.74, 6) is 0.0685. The van der Waals surface area contributed by atoms with Gasteiger partial charge in [-0.1, -0.05) is 18.2 Å². The van der Waals surface area contributed by atoms with Crippen LogP contribution in [0.4, 0.5) is 0 Å². The third-order valence-corrected chi connectivity index (χ3v) is 5.37. The Bertz CT molecular complexity index is 979. The number of rotatable bonds is 6. The number of nitrogens with one attached hydrogen (secondary N) is 1. The minimum Gasteiger partial charge on any atom is -0.353 e. The van der Waals surface area contributed by atoms with Gasteiger partial charge in [-0.15, -0.1) is 0 Å². The maximum absolute atomic E-state index is 12.5. The molecule has 1 aliphatic heterocycles. The van der Waals surface area contributed by atoms with E-state index in [9.17, 15) is 9.59 Å². The lowest BCUT2D eigenvalue weighted by atomic mass is 10.0. The number of hydrogen-bond acceptors (Lipinski definition) is 4. The summed E-state index contributed by atoms with van der Waals surface area (Å²) in [5.41, 5.74) is 2.69.